The quantitative estimate of drug-likeness (QED) is 0.674. The molecule has 3 rings (SSSR count). The van der Waals surface area contributed by atoms with Crippen LogP contribution in [0.25, 0.3) is 22.9 Å². The molecule has 0 fully saturated rings. The first-order chi connectivity index (χ1) is 11.3. The molecule has 0 atom stereocenters. The van der Waals surface area contributed by atoms with Crippen LogP contribution in [0.4, 0.5) is 0 Å². The van der Waals surface area contributed by atoms with Crippen molar-refractivity contribution in [2.75, 3.05) is 7.11 Å². The molecule has 5 heteroatoms. The van der Waals surface area contributed by atoms with Gasteiger partial charge in [0.1, 0.15) is 16.8 Å². The zero-order valence-corrected chi connectivity index (χ0v) is 13.2. The van der Waals surface area contributed by atoms with Crippen molar-refractivity contribution in [1.29, 1.82) is 5.26 Å². The lowest BCUT2D eigenvalue weighted by atomic mass is 10.1. The highest BCUT2D eigenvalue weighted by Crippen LogP contribution is 2.28. The number of hydrogen-bond donors (Lipinski definition) is 0. The Hall–Kier alpha value is -2.97. The lowest BCUT2D eigenvalue weighted by Crippen LogP contribution is -1.85. The Morgan fingerprint density at radius 1 is 1.26 bits per heavy atom. The van der Waals surface area contributed by atoms with Crippen LogP contribution in [-0.4, -0.2) is 17.1 Å². The number of pyridine rings is 1. The molecule has 2 heterocycles. The number of hydrogen-bond acceptors (Lipinski definition) is 5. The van der Waals surface area contributed by atoms with Gasteiger partial charge < -0.3 is 4.74 Å². The number of thiazole rings is 1. The number of methoxy groups -OCH3 is 1. The summed E-state index contributed by atoms with van der Waals surface area (Å²) in [6, 6.07) is 13.6. The smallest absolute Gasteiger partial charge is 0.134 e. The molecule has 23 heavy (non-hydrogen) atoms. The van der Waals surface area contributed by atoms with Crippen LogP contribution in [0.15, 0.2) is 54.2 Å². The molecule has 0 spiro atoms. The first-order valence-electron chi connectivity index (χ1n) is 6.92. The van der Waals surface area contributed by atoms with Crippen molar-refractivity contribution in [1.82, 2.24) is 9.97 Å². The van der Waals surface area contributed by atoms with Crippen LogP contribution in [-0.2, 0) is 0 Å². The average molecular weight is 319 g/mol. The van der Waals surface area contributed by atoms with E-state index in [4.69, 9.17) is 4.74 Å². The molecule has 0 aliphatic carbocycles. The standard InChI is InChI=1S/C18H13N3OS/c1-22-16-6-4-14(5-7-16)17-12-23-18(21-17)15(10-19)9-13-3-2-8-20-11-13/h2-9,11-12H,1H3/b15-9+. The van der Waals surface area contributed by atoms with E-state index in [1.165, 1.54) is 11.3 Å². The van der Waals surface area contributed by atoms with Crippen molar-refractivity contribution in [2.45, 2.75) is 0 Å². The molecular weight excluding hydrogens is 306 g/mol. The van der Waals surface area contributed by atoms with Crippen molar-refractivity contribution in [2.24, 2.45) is 0 Å². The molecule has 0 aliphatic heterocycles. The third-order valence-corrected chi connectivity index (χ3v) is 4.11. The third kappa shape index (κ3) is 3.44. The van der Waals surface area contributed by atoms with E-state index in [9.17, 15) is 5.26 Å². The minimum atomic E-state index is 0.530. The Balaban J connectivity index is 1.91. The van der Waals surface area contributed by atoms with Gasteiger partial charge in [-0.25, -0.2) is 4.98 Å². The molecule has 0 N–H and O–H groups in total. The zero-order chi connectivity index (χ0) is 16.1. The number of allylic oxidation sites excluding steroid dienone is 1. The summed E-state index contributed by atoms with van der Waals surface area (Å²) in [4.78, 5) is 8.62. The van der Waals surface area contributed by atoms with Crippen LogP contribution in [0, 0.1) is 11.3 Å². The predicted molar refractivity (Wildman–Crippen MR) is 91.8 cm³/mol. The zero-order valence-electron chi connectivity index (χ0n) is 12.4. The van der Waals surface area contributed by atoms with Gasteiger partial charge >= 0.3 is 0 Å². The maximum atomic E-state index is 9.40. The van der Waals surface area contributed by atoms with Gasteiger partial charge in [-0.2, -0.15) is 5.26 Å². The maximum Gasteiger partial charge on any atom is 0.134 e. The van der Waals surface area contributed by atoms with E-state index in [0.717, 1.165) is 22.6 Å². The first kappa shape index (κ1) is 14.9. The highest BCUT2D eigenvalue weighted by molar-refractivity contribution is 7.11. The predicted octanol–water partition coefficient (Wildman–Crippen LogP) is 4.28. The van der Waals surface area contributed by atoms with Gasteiger partial charge in [0.15, 0.2) is 0 Å². The number of benzene rings is 1. The third-order valence-electron chi connectivity index (χ3n) is 3.24. The fourth-order valence-electron chi connectivity index (χ4n) is 2.06. The molecule has 3 aromatic rings. The second-order valence-corrected chi connectivity index (χ2v) is 5.58. The Labute approximate surface area is 138 Å². The summed E-state index contributed by atoms with van der Waals surface area (Å²) in [7, 11) is 1.64. The van der Waals surface area contributed by atoms with E-state index in [0.29, 0.717) is 10.6 Å². The molecular formula is C18H13N3OS. The highest BCUT2D eigenvalue weighted by Gasteiger charge is 2.09. The van der Waals surface area contributed by atoms with E-state index in [2.05, 4.69) is 16.0 Å². The van der Waals surface area contributed by atoms with Gasteiger partial charge in [0.2, 0.25) is 0 Å². The number of ether oxygens (including phenoxy) is 1. The maximum absolute atomic E-state index is 9.40. The molecule has 0 aliphatic rings. The molecule has 0 radical (unpaired) electrons. The molecule has 0 amide bonds. The van der Waals surface area contributed by atoms with Crippen LogP contribution in [0.3, 0.4) is 0 Å². The summed E-state index contributed by atoms with van der Waals surface area (Å²) in [5.41, 5.74) is 3.25. The average Bonchev–Trinajstić information content (AvgIpc) is 3.10. The van der Waals surface area contributed by atoms with Crippen LogP contribution in [0.5, 0.6) is 5.75 Å². The van der Waals surface area contributed by atoms with Crippen LogP contribution in [0.2, 0.25) is 0 Å². The van der Waals surface area contributed by atoms with Crippen LogP contribution >= 0.6 is 11.3 Å². The van der Waals surface area contributed by atoms with Crippen molar-refractivity contribution in [3.05, 3.63) is 64.7 Å². The summed E-state index contributed by atoms with van der Waals surface area (Å²) >= 11 is 1.45. The van der Waals surface area contributed by atoms with Gasteiger partial charge in [-0.3, -0.25) is 4.98 Å². The second kappa shape index (κ2) is 6.86. The van der Waals surface area contributed by atoms with Crippen molar-refractivity contribution >= 4 is 23.0 Å². The van der Waals surface area contributed by atoms with Crippen molar-refractivity contribution in [3.8, 4) is 23.1 Å². The van der Waals surface area contributed by atoms with Gasteiger partial charge in [-0.05, 0) is 42.0 Å². The lowest BCUT2D eigenvalue weighted by molar-refractivity contribution is 0.415. The summed E-state index contributed by atoms with van der Waals surface area (Å²) in [5, 5.41) is 12.0. The van der Waals surface area contributed by atoms with Gasteiger partial charge in [0, 0.05) is 23.3 Å². The van der Waals surface area contributed by atoms with E-state index in [1.54, 1.807) is 25.6 Å². The van der Waals surface area contributed by atoms with Gasteiger partial charge in [-0.15, -0.1) is 11.3 Å². The van der Waals surface area contributed by atoms with E-state index in [1.807, 2.05) is 41.8 Å². The molecule has 0 unspecified atom stereocenters. The largest absolute Gasteiger partial charge is 0.497 e. The van der Waals surface area contributed by atoms with Crippen molar-refractivity contribution < 1.29 is 4.74 Å². The van der Waals surface area contributed by atoms with E-state index >= 15 is 0 Å². The van der Waals surface area contributed by atoms with Crippen LogP contribution < -0.4 is 4.74 Å². The molecule has 112 valence electrons. The molecule has 0 saturated heterocycles. The summed E-state index contributed by atoms with van der Waals surface area (Å²) in [5.74, 6) is 0.804. The van der Waals surface area contributed by atoms with E-state index in [-0.39, 0.29) is 0 Å². The SMILES string of the molecule is COc1ccc(-c2csc(/C(C#N)=C/c3cccnc3)n2)cc1. The molecule has 0 saturated carbocycles. The summed E-state index contributed by atoms with van der Waals surface area (Å²) in [6.07, 6.45) is 5.22. The lowest BCUT2D eigenvalue weighted by Gasteiger charge is -2.00. The summed E-state index contributed by atoms with van der Waals surface area (Å²) < 4.78 is 5.16. The number of aromatic nitrogens is 2. The Bertz CT molecular complexity index is 861. The van der Waals surface area contributed by atoms with Gasteiger partial charge in [0.25, 0.3) is 0 Å². The Morgan fingerprint density at radius 2 is 2.09 bits per heavy atom. The second-order valence-electron chi connectivity index (χ2n) is 4.72. The Morgan fingerprint density at radius 3 is 2.74 bits per heavy atom. The fraction of sp³-hybridized carbons (Fsp3) is 0.0556. The van der Waals surface area contributed by atoms with Crippen molar-refractivity contribution in [3.63, 3.8) is 0 Å². The number of rotatable bonds is 4. The van der Waals surface area contributed by atoms with E-state index < -0.39 is 0 Å². The Kier molecular flexibility index (Phi) is 4.46. The normalized spacial score (nSPS) is 11.0. The van der Waals surface area contributed by atoms with Gasteiger partial charge in [0.05, 0.1) is 18.4 Å². The molecule has 1 aromatic carbocycles. The summed E-state index contributed by atoms with van der Waals surface area (Å²) in [6.45, 7) is 0. The monoisotopic (exact) mass is 319 g/mol. The minimum Gasteiger partial charge on any atom is -0.497 e. The fourth-order valence-corrected chi connectivity index (χ4v) is 2.86. The first-order valence-corrected chi connectivity index (χ1v) is 7.80. The molecule has 4 nitrogen and oxygen atoms in total. The van der Waals surface area contributed by atoms with Gasteiger partial charge in [-0.1, -0.05) is 6.07 Å². The number of nitriles is 1. The molecule has 0 bridgehead atoms. The topological polar surface area (TPSA) is 58.8 Å². The van der Waals surface area contributed by atoms with Crippen LogP contribution in [0.1, 0.15) is 10.6 Å². The number of nitrogens with zero attached hydrogens (tertiary/aromatic N) is 3. The minimum absolute atomic E-state index is 0.530. The molecule has 2 aromatic heterocycles. The highest BCUT2D eigenvalue weighted by atomic mass is 32.1.